The fourth-order valence-electron chi connectivity index (χ4n) is 3.05. The molecule has 0 saturated heterocycles. The first-order valence-electron chi connectivity index (χ1n) is 9.17. The number of benzene rings is 3. The molecule has 0 aliphatic rings. The van der Waals surface area contributed by atoms with Gasteiger partial charge in [-0.05, 0) is 35.9 Å². The summed E-state index contributed by atoms with van der Waals surface area (Å²) in [6, 6.07) is 18.1. The highest BCUT2D eigenvalue weighted by molar-refractivity contribution is 7.92. The van der Waals surface area contributed by atoms with Crippen LogP contribution in [-0.4, -0.2) is 8.42 Å². The van der Waals surface area contributed by atoms with Crippen molar-refractivity contribution in [3.63, 3.8) is 0 Å². The molecule has 0 spiro atoms. The van der Waals surface area contributed by atoms with Gasteiger partial charge in [0.05, 0.1) is 10.6 Å². The molecule has 0 saturated carbocycles. The highest BCUT2D eigenvalue weighted by Gasteiger charge is 2.23. The fraction of sp³-hybridized carbons (Fsp3) is 0.0455. The van der Waals surface area contributed by atoms with Gasteiger partial charge in [-0.3, -0.25) is 4.72 Å². The van der Waals surface area contributed by atoms with Crippen LogP contribution in [0.3, 0.4) is 0 Å². The van der Waals surface area contributed by atoms with Crippen molar-refractivity contribution >= 4 is 32.4 Å². The maximum atomic E-state index is 13.6. The van der Waals surface area contributed by atoms with Gasteiger partial charge < -0.3 is 9.73 Å². The van der Waals surface area contributed by atoms with Gasteiger partial charge in [-0.1, -0.05) is 42.5 Å². The molecular weight excluding hydrogens is 426 g/mol. The van der Waals surface area contributed by atoms with Crippen LogP contribution < -0.4 is 15.7 Å². The molecule has 0 amide bonds. The Kier molecular flexibility index (Phi) is 5.43. The monoisotopic (exact) mass is 442 g/mol. The fourth-order valence-corrected chi connectivity index (χ4v) is 4.13. The van der Waals surface area contributed by atoms with E-state index in [-0.39, 0.29) is 17.0 Å². The number of rotatable bonds is 6. The van der Waals surface area contributed by atoms with Crippen LogP contribution in [0.2, 0.25) is 0 Å². The molecule has 1 heterocycles. The summed E-state index contributed by atoms with van der Waals surface area (Å²) in [5.41, 5.74) is 0.0784. The average Bonchev–Trinajstić information content (AvgIpc) is 2.76. The van der Waals surface area contributed by atoms with E-state index >= 15 is 0 Å². The zero-order chi connectivity index (χ0) is 22.0. The number of anilines is 2. The van der Waals surface area contributed by atoms with Gasteiger partial charge in [0, 0.05) is 11.9 Å². The second-order valence-corrected chi connectivity index (χ2v) is 8.34. The van der Waals surface area contributed by atoms with Gasteiger partial charge in [0.1, 0.15) is 5.58 Å². The van der Waals surface area contributed by atoms with E-state index in [1.807, 2.05) is 30.3 Å². The summed E-state index contributed by atoms with van der Waals surface area (Å²) in [5.74, 6) is -2.51. The van der Waals surface area contributed by atoms with Crippen LogP contribution in [0.4, 0.5) is 20.2 Å². The highest BCUT2D eigenvalue weighted by Crippen LogP contribution is 2.30. The lowest BCUT2D eigenvalue weighted by atomic mass is 10.1. The Morgan fingerprint density at radius 1 is 0.839 bits per heavy atom. The predicted molar refractivity (Wildman–Crippen MR) is 113 cm³/mol. The Hall–Kier alpha value is -3.72. The predicted octanol–water partition coefficient (Wildman–Crippen LogP) is 4.48. The van der Waals surface area contributed by atoms with E-state index in [4.69, 9.17) is 4.42 Å². The van der Waals surface area contributed by atoms with Crippen molar-refractivity contribution in [2.75, 3.05) is 10.0 Å². The minimum atomic E-state index is -4.41. The normalized spacial score (nSPS) is 11.4. The summed E-state index contributed by atoms with van der Waals surface area (Å²) in [5, 5.41) is 3.56. The largest absolute Gasteiger partial charge is 0.421 e. The van der Waals surface area contributed by atoms with Gasteiger partial charge in [-0.25, -0.2) is 22.0 Å². The van der Waals surface area contributed by atoms with Crippen molar-refractivity contribution in [2.24, 2.45) is 0 Å². The molecule has 0 radical (unpaired) electrons. The lowest BCUT2D eigenvalue weighted by Crippen LogP contribution is -2.21. The number of fused-ring (bicyclic) bond motifs is 1. The minimum Gasteiger partial charge on any atom is -0.421 e. The third-order valence-corrected chi connectivity index (χ3v) is 5.91. The van der Waals surface area contributed by atoms with Crippen molar-refractivity contribution in [1.82, 2.24) is 0 Å². The molecular formula is C22H16F2N2O4S. The van der Waals surface area contributed by atoms with Crippen LogP contribution in [0.1, 0.15) is 5.56 Å². The molecule has 4 aromatic rings. The molecule has 3 aromatic carbocycles. The van der Waals surface area contributed by atoms with Crippen LogP contribution in [0, 0.1) is 11.6 Å². The molecule has 0 aliphatic carbocycles. The second kappa shape index (κ2) is 8.19. The number of para-hydroxylation sites is 1. The second-order valence-electron chi connectivity index (χ2n) is 6.66. The smallest absolute Gasteiger partial charge is 0.363 e. The molecule has 0 fully saturated rings. The number of hydrogen-bond donors (Lipinski definition) is 2. The average molecular weight is 442 g/mol. The van der Waals surface area contributed by atoms with Crippen LogP contribution in [-0.2, 0) is 16.6 Å². The zero-order valence-corrected chi connectivity index (χ0v) is 16.7. The lowest BCUT2D eigenvalue weighted by Gasteiger charge is -2.15. The summed E-state index contributed by atoms with van der Waals surface area (Å²) in [4.78, 5) is 12.1. The number of nitrogens with one attached hydrogen (secondary N) is 2. The highest BCUT2D eigenvalue weighted by atomic mass is 32.2. The van der Waals surface area contributed by atoms with Gasteiger partial charge in [-0.2, -0.15) is 0 Å². The van der Waals surface area contributed by atoms with Crippen molar-refractivity contribution in [2.45, 2.75) is 11.4 Å². The van der Waals surface area contributed by atoms with Crippen LogP contribution in [0.15, 0.2) is 86.9 Å². The molecule has 1 aromatic heterocycles. The molecule has 2 N–H and O–H groups in total. The Morgan fingerprint density at radius 3 is 2.29 bits per heavy atom. The lowest BCUT2D eigenvalue weighted by molar-refractivity contribution is 0.504. The SMILES string of the molecule is O=c1oc2ccccc2c(NCc2ccccc2)c1NS(=O)(=O)c1ccc(F)c(F)c1. The Labute approximate surface area is 176 Å². The molecule has 0 atom stereocenters. The topological polar surface area (TPSA) is 88.4 Å². The molecule has 0 unspecified atom stereocenters. The quantitative estimate of drug-likeness (QED) is 0.430. The molecule has 4 rings (SSSR count). The maximum Gasteiger partial charge on any atom is 0.363 e. The first kappa shape index (κ1) is 20.5. The van der Waals surface area contributed by atoms with Gasteiger partial charge in [0.25, 0.3) is 10.0 Å². The first-order valence-corrected chi connectivity index (χ1v) is 10.6. The molecule has 0 aliphatic heterocycles. The third kappa shape index (κ3) is 4.26. The van der Waals surface area contributed by atoms with Gasteiger partial charge in [-0.15, -0.1) is 0 Å². The van der Waals surface area contributed by atoms with E-state index < -0.39 is 32.2 Å². The van der Waals surface area contributed by atoms with E-state index in [0.717, 1.165) is 11.6 Å². The van der Waals surface area contributed by atoms with E-state index in [1.54, 1.807) is 24.3 Å². The van der Waals surface area contributed by atoms with E-state index in [9.17, 15) is 22.0 Å². The van der Waals surface area contributed by atoms with Crippen LogP contribution in [0.25, 0.3) is 11.0 Å². The van der Waals surface area contributed by atoms with Crippen molar-refractivity contribution in [1.29, 1.82) is 0 Å². The summed E-state index contributed by atoms with van der Waals surface area (Å²) in [7, 11) is -4.41. The first-order chi connectivity index (χ1) is 14.8. The molecule has 158 valence electrons. The van der Waals surface area contributed by atoms with Gasteiger partial charge >= 0.3 is 5.63 Å². The van der Waals surface area contributed by atoms with Crippen LogP contribution in [0.5, 0.6) is 0 Å². The van der Waals surface area contributed by atoms with Gasteiger partial charge in [0.15, 0.2) is 17.3 Å². The number of sulfonamides is 1. The molecule has 0 bridgehead atoms. The zero-order valence-electron chi connectivity index (χ0n) is 15.9. The van der Waals surface area contributed by atoms with Crippen molar-refractivity contribution in [3.8, 4) is 0 Å². The van der Waals surface area contributed by atoms with E-state index in [1.165, 1.54) is 0 Å². The van der Waals surface area contributed by atoms with Gasteiger partial charge in [0.2, 0.25) is 0 Å². The summed E-state index contributed by atoms with van der Waals surface area (Å²) in [6.07, 6.45) is 0. The Balaban J connectivity index is 1.80. The summed E-state index contributed by atoms with van der Waals surface area (Å²) in [6.45, 7) is 0.300. The maximum absolute atomic E-state index is 13.6. The van der Waals surface area contributed by atoms with Crippen molar-refractivity contribution in [3.05, 3.63) is 100 Å². The summed E-state index contributed by atoms with van der Waals surface area (Å²) >= 11 is 0. The van der Waals surface area contributed by atoms with E-state index in [0.29, 0.717) is 24.1 Å². The third-order valence-electron chi connectivity index (χ3n) is 4.56. The van der Waals surface area contributed by atoms with Crippen LogP contribution >= 0.6 is 0 Å². The Morgan fingerprint density at radius 2 is 1.55 bits per heavy atom. The summed E-state index contributed by atoms with van der Waals surface area (Å²) < 4.78 is 59.7. The Bertz CT molecular complexity index is 1420. The number of hydrogen-bond acceptors (Lipinski definition) is 5. The van der Waals surface area contributed by atoms with E-state index in [2.05, 4.69) is 10.0 Å². The number of halogens is 2. The minimum absolute atomic E-state index is 0.210. The van der Waals surface area contributed by atoms with Crippen molar-refractivity contribution < 1.29 is 21.6 Å². The molecule has 6 nitrogen and oxygen atoms in total. The molecule has 31 heavy (non-hydrogen) atoms. The molecule has 9 heteroatoms. The standard InChI is InChI=1S/C22H16F2N2O4S/c23-17-11-10-15(12-18(17)24)31(28,29)26-21-20(25-13-14-6-2-1-3-7-14)16-8-4-5-9-19(16)30-22(21)27/h1-12,25-26H,13H2.